The Hall–Kier alpha value is -0.160. The lowest BCUT2D eigenvalue weighted by Gasteiger charge is -2.38. The molecule has 0 radical (unpaired) electrons. The minimum Gasteiger partial charge on any atom is -0.337 e. The van der Waals surface area contributed by atoms with Gasteiger partial charge in [-0.25, -0.2) is 0 Å². The first kappa shape index (κ1) is 47.0. The number of hydrogen-bond acceptors (Lipinski definition) is 3. The van der Waals surface area contributed by atoms with Crippen molar-refractivity contribution in [2.24, 2.45) is 0 Å². The van der Waals surface area contributed by atoms with Gasteiger partial charge in [0.05, 0.1) is 13.2 Å². The van der Waals surface area contributed by atoms with E-state index in [0.29, 0.717) is 0 Å². The summed E-state index contributed by atoms with van der Waals surface area (Å²) in [5, 5.41) is 0. The monoisotopic (exact) mass is 700 g/mol. The van der Waals surface area contributed by atoms with Crippen LogP contribution in [0.25, 0.3) is 0 Å². The molecule has 0 aromatic carbocycles. The molecule has 0 bridgehead atoms. The molecule has 0 amide bonds. The van der Waals surface area contributed by atoms with E-state index in [4.69, 9.17) is 9.47 Å². The van der Waals surface area contributed by atoms with Gasteiger partial charge < -0.3 is 9.47 Å². The molecule has 0 heterocycles. The highest BCUT2D eigenvalue weighted by atomic mass is 79.9. The fourth-order valence-electron chi connectivity index (χ4n) is 5.98. The molecule has 0 aliphatic carbocycles. The van der Waals surface area contributed by atoms with Crippen molar-refractivity contribution in [2.45, 2.75) is 213 Å². The van der Waals surface area contributed by atoms with Crippen LogP contribution in [0.5, 0.6) is 0 Å². The van der Waals surface area contributed by atoms with Gasteiger partial charge in [0, 0.05) is 6.42 Å². The van der Waals surface area contributed by atoms with Crippen LogP contribution in [0.1, 0.15) is 207 Å². The quantitative estimate of drug-likeness (QED) is 0.0369. The molecule has 45 heavy (non-hydrogen) atoms. The molecule has 0 fully saturated rings. The molecule has 4 heteroatoms. The van der Waals surface area contributed by atoms with E-state index in [-0.39, 0.29) is 17.0 Å². The molecule has 0 aliphatic heterocycles. The predicted molar refractivity (Wildman–Crippen MR) is 208 cm³/mol. The van der Waals surface area contributed by atoms with Crippen LogP contribution in [0.15, 0.2) is 24.3 Å². The Morgan fingerprint density at radius 1 is 0.400 bits per heavy atom. The lowest BCUT2D eigenvalue weighted by molar-refractivity contribution is -0.309. The van der Waals surface area contributed by atoms with Gasteiger partial charge in [0.1, 0.15) is 0 Å². The molecule has 0 saturated heterocycles. The highest BCUT2D eigenvalue weighted by Gasteiger charge is 2.32. The number of ether oxygens (including phenoxy) is 2. The predicted octanol–water partition coefficient (Wildman–Crippen LogP) is 14.3. The maximum Gasteiger partial charge on any atom is 0.229 e. The zero-order valence-corrected chi connectivity index (χ0v) is 33.1. The summed E-state index contributed by atoms with van der Waals surface area (Å²) >= 11 is 0. The molecular weight excluding hydrogens is 618 g/mol. The first-order valence-corrected chi connectivity index (χ1v) is 19.9. The first-order valence-electron chi connectivity index (χ1n) is 19.9. The van der Waals surface area contributed by atoms with Gasteiger partial charge in [-0.05, 0) is 78.3 Å². The number of halogens is 1. The van der Waals surface area contributed by atoms with Gasteiger partial charge in [-0.1, -0.05) is 161 Å². The largest absolute Gasteiger partial charge is 0.337 e. The Morgan fingerprint density at radius 3 is 0.933 bits per heavy atom. The number of allylic oxidation sites excluding steroid dienone is 4. The number of unbranched alkanes of at least 4 members (excludes halogenated alkanes) is 24. The third kappa shape index (κ3) is 32.2. The van der Waals surface area contributed by atoms with Crippen molar-refractivity contribution in [1.29, 1.82) is 0 Å². The van der Waals surface area contributed by atoms with Crippen LogP contribution in [0.3, 0.4) is 0 Å². The molecule has 0 atom stereocenters. The van der Waals surface area contributed by atoms with Gasteiger partial charge in [0.2, 0.25) is 5.91 Å². The summed E-state index contributed by atoms with van der Waals surface area (Å²) in [7, 11) is 4.18. The minimum absolute atomic E-state index is 0. The average Bonchev–Trinajstić information content (AvgIpc) is 3.02. The third-order valence-corrected chi connectivity index (χ3v) is 9.10. The fourth-order valence-corrected chi connectivity index (χ4v) is 5.98. The standard InChI is InChI=1S/C41H81NO2.BrH/c1-6-9-11-13-15-17-19-21-23-25-27-29-31-33-35-37-39-43-41(8-3,42(4)5)44-40-38-36-34-32-30-28-26-24-22-20-18-16-14-12-10-7-2;/h21-24H,6-20,25-40H2,1-5H3;1H/b23-21-,24-22-;. The van der Waals surface area contributed by atoms with Gasteiger partial charge in [0.15, 0.2) is 0 Å². The van der Waals surface area contributed by atoms with Crippen LogP contribution in [0.2, 0.25) is 0 Å². The maximum atomic E-state index is 6.38. The van der Waals surface area contributed by atoms with Gasteiger partial charge in [-0.3, -0.25) is 4.90 Å². The fraction of sp³-hybridized carbons (Fsp3) is 0.902. The van der Waals surface area contributed by atoms with Gasteiger partial charge in [0.25, 0.3) is 0 Å². The molecule has 0 aromatic rings. The molecule has 3 nitrogen and oxygen atoms in total. The van der Waals surface area contributed by atoms with Crippen molar-refractivity contribution in [3.05, 3.63) is 24.3 Å². The van der Waals surface area contributed by atoms with E-state index in [0.717, 1.165) is 32.5 Å². The van der Waals surface area contributed by atoms with Gasteiger partial charge in [-0.2, -0.15) is 0 Å². The third-order valence-electron chi connectivity index (χ3n) is 9.10. The Bertz CT molecular complexity index is 562. The van der Waals surface area contributed by atoms with Crippen LogP contribution >= 0.6 is 17.0 Å². The van der Waals surface area contributed by atoms with E-state index in [2.05, 4.69) is 64.1 Å². The zero-order valence-electron chi connectivity index (χ0n) is 31.4. The summed E-state index contributed by atoms with van der Waals surface area (Å²) in [6, 6.07) is 0. The van der Waals surface area contributed by atoms with E-state index < -0.39 is 5.91 Å². The Balaban J connectivity index is 0. The molecule has 0 unspecified atom stereocenters. The Kier molecular flexibility index (Phi) is 40.0. The molecule has 0 N–H and O–H groups in total. The zero-order chi connectivity index (χ0) is 32.2. The molecule has 270 valence electrons. The summed E-state index contributed by atoms with van der Waals surface area (Å²) < 4.78 is 12.8. The summed E-state index contributed by atoms with van der Waals surface area (Å²) in [5.41, 5.74) is 0. The number of nitrogens with zero attached hydrogens (tertiary/aromatic N) is 1. The molecule has 0 saturated carbocycles. The highest BCUT2D eigenvalue weighted by Crippen LogP contribution is 2.23. The highest BCUT2D eigenvalue weighted by molar-refractivity contribution is 8.93. The van der Waals surface area contributed by atoms with Crippen LogP contribution in [-0.4, -0.2) is 38.1 Å². The number of hydrogen-bond donors (Lipinski definition) is 0. The first-order chi connectivity index (χ1) is 21.6. The second kappa shape index (κ2) is 38.3. The average molecular weight is 701 g/mol. The van der Waals surface area contributed by atoms with E-state index in [1.165, 1.54) is 167 Å². The number of rotatable bonds is 36. The van der Waals surface area contributed by atoms with Crippen molar-refractivity contribution < 1.29 is 9.47 Å². The van der Waals surface area contributed by atoms with Crippen LogP contribution in [0.4, 0.5) is 0 Å². The van der Waals surface area contributed by atoms with Crippen molar-refractivity contribution in [2.75, 3.05) is 27.3 Å². The molecule has 0 aromatic heterocycles. The minimum atomic E-state index is -0.566. The second-order valence-corrected chi connectivity index (χ2v) is 13.5. The summed E-state index contributed by atoms with van der Waals surface area (Å²) in [5.74, 6) is -0.566. The summed E-state index contributed by atoms with van der Waals surface area (Å²) in [6.45, 7) is 8.35. The van der Waals surface area contributed by atoms with Crippen molar-refractivity contribution in [3.8, 4) is 0 Å². The molecule has 0 spiro atoms. The van der Waals surface area contributed by atoms with Crippen molar-refractivity contribution in [1.82, 2.24) is 4.90 Å². The van der Waals surface area contributed by atoms with Gasteiger partial charge in [-0.15, -0.1) is 17.0 Å². The van der Waals surface area contributed by atoms with Crippen molar-refractivity contribution >= 4 is 17.0 Å². The van der Waals surface area contributed by atoms with Crippen LogP contribution in [-0.2, 0) is 9.47 Å². The summed E-state index contributed by atoms with van der Waals surface area (Å²) in [4.78, 5) is 2.13. The van der Waals surface area contributed by atoms with E-state index in [9.17, 15) is 0 Å². The Morgan fingerprint density at radius 2 is 0.667 bits per heavy atom. The van der Waals surface area contributed by atoms with E-state index in [1.807, 2.05) is 0 Å². The topological polar surface area (TPSA) is 21.7 Å². The summed E-state index contributed by atoms with van der Waals surface area (Å²) in [6.07, 6.45) is 47.9. The normalized spacial score (nSPS) is 12.2. The maximum absolute atomic E-state index is 6.38. The van der Waals surface area contributed by atoms with E-state index >= 15 is 0 Å². The lowest BCUT2D eigenvalue weighted by atomic mass is 10.1. The molecule has 0 rings (SSSR count). The van der Waals surface area contributed by atoms with Crippen LogP contribution in [0, 0.1) is 0 Å². The van der Waals surface area contributed by atoms with Gasteiger partial charge >= 0.3 is 0 Å². The smallest absolute Gasteiger partial charge is 0.229 e. The lowest BCUT2D eigenvalue weighted by Crippen LogP contribution is -2.49. The van der Waals surface area contributed by atoms with Crippen LogP contribution < -0.4 is 0 Å². The second-order valence-electron chi connectivity index (χ2n) is 13.5. The van der Waals surface area contributed by atoms with Crippen molar-refractivity contribution in [3.63, 3.8) is 0 Å². The van der Waals surface area contributed by atoms with E-state index in [1.54, 1.807) is 0 Å². The molecular formula is C41H82BrNO2. The SMILES string of the molecule is Br.CCCCCCCC/C=C\CCCCCCCCOC(CC)(OCCCCCCCC/C=C\CCCCCCCC)N(C)C. The molecule has 0 aliphatic rings. The Labute approximate surface area is 294 Å².